The van der Waals surface area contributed by atoms with E-state index in [0.29, 0.717) is 25.7 Å². The number of phosphoric ester groups is 2. The summed E-state index contributed by atoms with van der Waals surface area (Å²) < 4.78 is 69.1. The first-order chi connectivity index (χ1) is 52.7. The van der Waals surface area contributed by atoms with Crippen LogP contribution in [-0.2, 0) is 65.4 Å². The normalized spacial score (nSPS) is 13.8. The molecule has 0 spiro atoms. The highest BCUT2D eigenvalue weighted by molar-refractivity contribution is 7.47. The lowest BCUT2D eigenvalue weighted by Crippen LogP contribution is -2.30. The molecule has 3 N–H and O–H groups in total. The lowest BCUT2D eigenvalue weighted by molar-refractivity contribution is -0.161. The Hall–Kier alpha value is -1.94. The minimum absolute atomic E-state index is 0.108. The van der Waals surface area contributed by atoms with Gasteiger partial charge in [0, 0.05) is 25.7 Å². The number of aliphatic hydroxyl groups excluding tert-OH is 1. The Morgan fingerprint density at radius 2 is 0.422 bits per heavy atom. The van der Waals surface area contributed by atoms with E-state index in [4.69, 9.17) is 37.0 Å². The molecule has 17 nitrogen and oxygen atoms in total. The number of unbranched alkanes of at least 4 members (excludes halogenated alkanes) is 56. The van der Waals surface area contributed by atoms with Crippen LogP contribution >= 0.6 is 15.6 Å². The van der Waals surface area contributed by atoms with E-state index in [0.717, 1.165) is 108 Å². The van der Waals surface area contributed by atoms with Gasteiger partial charge in [-0.3, -0.25) is 37.3 Å². The number of hydrogen-bond donors (Lipinski definition) is 3. The molecule has 0 aromatic heterocycles. The molecular weight excluding hydrogens is 1410 g/mol. The van der Waals surface area contributed by atoms with E-state index in [2.05, 4.69) is 48.5 Å². The molecular formula is C90H176O17P2. The van der Waals surface area contributed by atoms with Gasteiger partial charge in [0.1, 0.15) is 19.3 Å². The minimum atomic E-state index is -4.97. The fourth-order valence-electron chi connectivity index (χ4n) is 14.1. The Morgan fingerprint density at radius 3 is 0.624 bits per heavy atom. The first kappa shape index (κ1) is 107. The van der Waals surface area contributed by atoms with Crippen molar-refractivity contribution in [2.45, 2.75) is 497 Å². The molecule has 2 unspecified atom stereocenters. The van der Waals surface area contributed by atoms with E-state index < -0.39 is 97.5 Å². The fraction of sp³-hybridized carbons (Fsp3) is 0.956. The van der Waals surface area contributed by atoms with E-state index in [1.807, 2.05) is 0 Å². The summed E-state index contributed by atoms with van der Waals surface area (Å²) in [5, 5.41) is 10.7. The molecule has 19 heteroatoms. The number of carbonyl (C=O) groups excluding carboxylic acids is 4. The predicted octanol–water partition coefficient (Wildman–Crippen LogP) is 27.6. The second-order valence-electron chi connectivity index (χ2n) is 33.8. The Bertz CT molecular complexity index is 2100. The first-order valence-electron chi connectivity index (χ1n) is 46.3. The van der Waals surface area contributed by atoms with Crippen molar-refractivity contribution in [2.24, 2.45) is 17.8 Å². The molecule has 0 saturated heterocycles. The third kappa shape index (κ3) is 83.8. The van der Waals surface area contributed by atoms with Crippen molar-refractivity contribution in [2.75, 3.05) is 39.6 Å². The molecule has 0 aliphatic heterocycles. The number of carbonyl (C=O) groups is 4. The molecule has 0 heterocycles. The lowest BCUT2D eigenvalue weighted by atomic mass is 10.0. The Labute approximate surface area is 670 Å². The molecule has 0 bridgehead atoms. The van der Waals surface area contributed by atoms with Crippen LogP contribution in [0.5, 0.6) is 0 Å². The summed E-state index contributed by atoms with van der Waals surface area (Å²) in [6, 6.07) is 0. The quantitative estimate of drug-likeness (QED) is 0.0222. The molecule has 0 radical (unpaired) electrons. The zero-order valence-electron chi connectivity index (χ0n) is 72.0. The van der Waals surface area contributed by atoms with Crippen molar-refractivity contribution in [3.63, 3.8) is 0 Å². The van der Waals surface area contributed by atoms with Gasteiger partial charge in [0.25, 0.3) is 0 Å². The zero-order valence-corrected chi connectivity index (χ0v) is 73.8. The molecule has 5 atom stereocenters. The summed E-state index contributed by atoms with van der Waals surface area (Å²) in [6.45, 7) is 12.1. The van der Waals surface area contributed by atoms with Gasteiger partial charge >= 0.3 is 39.5 Å². The van der Waals surface area contributed by atoms with Crippen LogP contribution < -0.4 is 0 Å². The van der Waals surface area contributed by atoms with Gasteiger partial charge in [-0.25, -0.2) is 9.13 Å². The van der Waals surface area contributed by atoms with E-state index in [1.165, 1.54) is 289 Å². The SMILES string of the molecule is CCCCCCCCCCCCCCCCCCCCCC(=O)O[C@H](COC(=O)CCCCCCCCCCCC(C)C)COP(=O)(O)OC[C@H](O)COP(=O)(O)OC[C@@H](COC(=O)CCCCCCCCCCCCCCCCCCC(C)C)OC(=O)CCCCCCCCCCCCCCCCCCC(C)C. The van der Waals surface area contributed by atoms with E-state index in [-0.39, 0.29) is 25.7 Å². The van der Waals surface area contributed by atoms with Crippen molar-refractivity contribution < 1.29 is 80.2 Å². The monoisotopic (exact) mass is 1590 g/mol. The third-order valence-electron chi connectivity index (χ3n) is 21.1. The topological polar surface area (TPSA) is 237 Å². The van der Waals surface area contributed by atoms with Crippen molar-refractivity contribution >= 4 is 39.5 Å². The minimum Gasteiger partial charge on any atom is -0.462 e. The number of phosphoric acid groups is 2. The highest BCUT2D eigenvalue weighted by Crippen LogP contribution is 2.45. The zero-order chi connectivity index (χ0) is 80.0. The summed E-state index contributed by atoms with van der Waals surface area (Å²) in [5.41, 5.74) is 0. The maximum absolute atomic E-state index is 13.2. The second kappa shape index (κ2) is 79.9. The van der Waals surface area contributed by atoms with E-state index in [9.17, 15) is 43.2 Å². The molecule has 0 aliphatic rings. The molecule has 109 heavy (non-hydrogen) atoms. The molecule has 0 aromatic carbocycles. The van der Waals surface area contributed by atoms with Gasteiger partial charge in [0.2, 0.25) is 0 Å². The predicted molar refractivity (Wildman–Crippen MR) is 451 cm³/mol. The smallest absolute Gasteiger partial charge is 0.462 e. The highest BCUT2D eigenvalue weighted by atomic mass is 31.2. The summed E-state index contributed by atoms with van der Waals surface area (Å²) in [6.07, 6.45) is 72.2. The van der Waals surface area contributed by atoms with Crippen LogP contribution in [0, 0.1) is 17.8 Å². The number of ether oxygens (including phenoxy) is 4. The Kier molecular flexibility index (Phi) is 78.5. The fourth-order valence-corrected chi connectivity index (χ4v) is 15.7. The van der Waals surface area contributed by atoms with Gasteiger partial charge in [0.05, 0.1) is 26.4 Å². The van der Waals surface area contributed by atoms with Gasteiger partial charge in [-0.05, 0) is 43.4 Å². The average Bonchev–Trinajstić information content (AvgIpc) is 0.897. The van der Waals surface area contributed by atoms with Crippen molar-refractivity contribution in [3.8, 4) is 0 Å². The van der Waals surface area contributed by atoms with Crippen molar-refractivity contribution in [3.05, 3.63) is 0 Å². The van der Waals surface area contributed by atoms with Crippen LogP contribution in [0.2, 0.25) is 0 Å². The molecule has 0 aliphatic carbocycles. The number of hydrogen-bond acceptors (Lipinski definition) is 15. The molecule has 0 fully saturated rings. The van der Waals surface area contributed by atoms with Gasteiger partial charge < -0.3 is 33.8 Å². The lowest BCUT2D eigenvalue weighted by Gasteiger charge is -2.21. The van der Waals surface area contributed by atoms with Gasteiger partial charge in [0.15, 0.2) is 12.2 Å². The molecule has 648 valence electrons. The Morgan fingerprint density at radius 1 is 0.248 bits per heavy atom. The standard InChI is InChI=1S/C90H176O17P2/c1-8-9-10-11-12-13-14-15-16-17-18-19-27-32-37-44-52-59-66-73-90(95)107-86(78-101-88(93)72-65-58-51-46-39-42-49-56-63-70-83(6)7)80-105-109(98,99)103-76-84(91)75-102-108(96,97)104-79-85(106-89(94)74-67-60-53-45-38-33-28-23-21-25-30-35-41-48-55-62-69-82(4)5)77-100-87(92)71-64-57-50-43-36-31-26-22-20-24-29-34-40-47-54-61-68-81(2)3/h81-86,91H,8-80H2,1-7H3,(H,96,97)(H,98,99)/t84-,85-,86-/m1/s1. The summed E-state index contributed by atoms with van der Waals surface area (Å²) in [5.74, 6) is 0.267. The van der Waals surface area contributed by atoms with Crippen LogP contribution in [0.3, 0.4) is 0 Å². The summed E-state index contributed by atoms with van der Waals surface area (Å²) in [4.78, 5) is 73.4. The number of rotatable bonds is 88. The number of aliphatic hydroxyl groups is 1. The summed E-state index contributed by atoms with van der Waals surface area (Å²) >= 11 is 0. The van der Waals surface area contributed by atoms with Crippen molar-refractivity contribution in [1.29, 1.82) is 0 Å². The average molecular weight is 1590 g/mol. The van der Waals surface area contributed by atoms with Crippen LogP contribution in [0.4, 0.5) is 0 Å². The maximum atomic E-state index is 13.2. The highest BCUT2D eigenvalue weighted by Gasteiger charge is 2.31. The molecule has 0 saturated carbocycles. The van der Waals surface area contributed by atoms with Crippen LogP contribution in [0.25, 0.3) is 0 Å². The van der Waals surface area contributed by atoms with Crippen molar-refractivity contribution in [1.82, 2.24) is 0 Å². The van der Waals surface area contributed by atoms with Gasteiger partial charge in [-0.2, -0.15) is 0 Å². The second-order valence-corrected chi connectivity index (χ2v) is 36.7. The Balaban J connectivity index is 5.25. The molecule has 0 rings (SSSR count). The molecule has 0 aromatic rings. The molecule has 0 amide bonds. The van der Waals surface area contributed by atoms with Gasteiger partial charge in [-0.15, -0.1) is 0 Å². The van der Waals surface area contributed by atoms with E-state index in [1.54, 1.807) is 0 Å². The first-order valence-corrected chi connectivity index (χ1v) is 49.3. The van der Waals surface area contributed by atoms with Crippen LogP contribution in [0.15, 0.2) is 0 Å². The summed E-state index contributed by atoms with van der Waals surface area (Å²) in [7, 11) is -9.94. The maximum Gasteiger partial charge on any atom is 0.472 e. The number of esters is 4. The van der Waals surface area contributed by atoms with Crippen LogP contribution in [0.1, 0.15) is 479 Å². The van der Waals surface area contributed by atoms with Crippen LogP contribution in [-0.4, -0.2) is 96.7 Å². The van der Waals surface area contributed by atoms with E-state index >= 15 is 0 Å². The third-order valence-corrected chi connectivity index (χ3v) is 23.0. The van der Waals surface area contributed by atoms with Gasteiger partial charge in [-0.1, -0.05) is 427 Å². The largest absolute Gasteiger partial charge is 0.472 e.